The third-order valence-corrected chi connectivity index (χ3v) is 7.34. The van der Waals surface area contributed by atoms with E-state index in [4.69, 9.17) is 11.6 Å². The van der Waals surface area contributed by atoms with Gasteiger partial charge < -0.3 is 15.7 Å². The molecule has 31 heavy (non-hydrogen) atoms. The predicted octanol–water partition coefficient (Wildman–Crippen LogP) is 5.23. The van der Waals surface area contributed by atoms with Gasteiger partial charge in [0.15, 0.2) is 5.75 Å². The molecule has 4 N–H and O–H groups in total. The van der Waals surface area contributed by atoms with Gasteiger partial charge >= 0.3 is 6.03 Å². The standard InChI is InChI=1S/C22H28ClN3O4S/c1-13-9-14(2)21(15(3)10-13)31(29,30)26-19-12-17(11-18(23)20(19)27)25-22(28)24-16-7-5-4-6-8-16/h9-12,16,26-27H,4-8H2,1-3H3,(H2,24,25,28). The fraction of sp³-hybridized carbons (Fsp3) is 0.409. The molecule has 1 saturated carbocycles. The molecule has 0 aliphatic heterocycles. The number of benzene rings is 2. The van der Waals surface area contributed by atoms with E-state index >= 15 is 0 Å². The maximum absolute atomic E-state index is 13.0. The Bertz CT molecular complexity index is 1070. The van der Waals surface area contributed by atoms with Crippen molar-refractivity contribution in [3.63, 3.8) is 0 Å². The molecular formula is C22H28ClN3O4S. The summed E-state index contributed by atoms with van der Waals surface area (Å²) in [5, 5.41) is 15.8. The summed E-state index contributed by atoms with van der Waals surface area (Å²) < 4.78 is 28.5. The lowest BCUT2D eigenvalue weighted by atomic mass is 9.96. The van der Waals surface area contributed by atoms with E-state index in [2.05, 4.69) is 15.4 Å². The molecule has 1 aliphatic carbocycles. The third-order valence-electron chi connectivity index (χ3n) is 5.38. The van der Waals surface area contributed by atoms with E-state index in [9.17, 15) is 18.3 Å². The molecule has 2 aromatic rings. The van der Waals surface area contributed by atoms with Crippen LogP contribution in [0.4, 0.5) is 16.2 Å². The molecule has 1 fully saturated rings. The number of hydrogen-bond donors (Lipinski definition) is 4. The average Bonchev–Trinajstić information content (AvgIpc) is 2.65. The van der Waals surface area contributed by atoms with E-state index in [-0.39, 0.29) is 27.3 Å². The molecule has 3 rings (SSSR count). The third kappa shape index (κ3) is 5.62. The van der Waals surface area contributed by atoms with E-state index in [1.165, 1.54) is 18.6 Å². The molecule has 168 valence electrons. The highest BCUT2D eigenvalue weighted by molar-refractivity contribution is 7.92. The van der Waals surface area contributed by atoms with E-state index in [1.54, 1.807) is 26.0 Å². The van der Waals surface area contributed by atoms with Gasteiger partial charge in [-0.15, -0.1) is 0 Å². The number of sulfonamides is 1. The fourth-order valence-electron chi connectivity index (χ4n) is 4.13. The van der Waals surface area contributed by atoms with E-state index in [1.807, 2.05) is 6.92 Å². The number of rotatable bonds is 5. The van der Waals surface area contributed by atoms with Crippen LogP contribution in [-0.4, -0.2) is 25.6 Å². The number of hydrogen-bond acceptors (Lipinski definition) is 4. The summed E-state index contributed by atoms with van der Waals surface area (Å²) in [5.74, 6) is -0.411. The van der Waals surface area contributed by atoms with Crippen molar-refractivity contribution >= 4 is 39.0 Å². The van der Waals surface area contributed by atoms with Gasteiger partial charge in [0.05, 0.1) is 15.6 Å². The maximum Gasteiger partial charge on any atom is 0.319 e. The van der Waals surface area contributed by atoms with E-state index in [0.717, 1.165) is 31.2 Å². The molecule has 9 heteroatoms. The highest BCUT2D eigenvalue weighted by atomic mass is 35.5. The first-order valence-corrected chi connectivity index (χ1v) is 12.1. The van der Waals surface area contributed by atoms with Crippen molar-refractivity contribution in [3.8, 4) is 5.75 Å². The monoisotopic (exact) mass is 465 g/mol. The van der Waals surface area contributed by atoms with Crippen molar-refractivity contribution in [1.29, 1.82) is 0 Å². The number of aromatic hydroxyl groups is 1. The zero-order valence-electron chi connectivity index (χ0n) is 17.9. The number of phenols is 1. The largest absolute Gasteiger partial charge is 0.504 e. The number of amides is 2. The summed E-state index contributed by atoms with van der Waals surface area (Å²) in [7, 11) is -4.00. The minimum atomic E-state index is -4.00. The first kappa shape index (κ1) is 23.2. The maximum atomic E-state index is 13.0. The Labute approximate surface area is 188 Å². The molecule has 7 nitrogen and oxygen atoms in total. The van der Waals surface area contributed by atoms with Gasteiger partial charge in [0, 0.05) is 11.7 Å². The van der Waals surface area contributed by atoms with Crippen LogP contribution in [0.25, 0.3) is 0 Å². The average molecular weight is 466 g/mol. The summed E-state index contributed by atoms with van der Waals surface area (Å²) in [5.41, 5.74) is 2.30. The van der Waals surface area contributed by atoms with Gasteiger partial charge in [-0.25, -0.2) is 13.2 Å². The number of urea groups is 1. The first-order chi connectivity index (χ1) is 14.6. The number of carbonyl (C=O) groups excluding carboxylic acids is 1. The second-order valence-corrected chi connectivity index (χ2v) is 10.1. The molecule has 0 atom stereocenters. The lowest BCUT2D eigenvalue weighted by Crippen LogP contribution is -2.39. The summed E-state index contributed by atoms with van der Waals surface area (Å²) in [4.78, 5) is 12.5. The van der Waals surface area contributed by atoms with Crippen LogP contribution in [-0.2, 0) is 10.0 Å². The number of halogens is 1. The molecule has 0 unspecified atom stereocenters. The van der Waals surface area contributed by atoms with Crippen molar-refractivity contribution in [2.45, 2.75) is 63.8 Å². The van der Waals surface area contributed by atoms with Gasteiger partial charge in [-0.05, 0) is 56.9 Å². The zero-order chi connectivity index (χ0) is 22.8. The Morgan fingerprint density at radius 1 is 1.03 bits per heavy atom. The fourth-order valence-corrected chi connectivity index (χ4v) is 5.87. The minimum absolute atomic E-state index is 0.0782. The van der Waals surface area contributed by atoms with Crippen LogP contribution in [0.2, 0.25) is 5.02 Å². The van der Waals surface area contributed by atoms with Crippen molar-refractivity contribution < 1.29 is 18.3 Å². The van der Waals surface area contributed by atoms with Gasteiger partial charge in [-0.3, -0.25) is 4.72 Å². The molecule has 0 heterocycles. The Balaban J connectivity index is 1.83. The van der Waals surface area contributed by atoms with Crippen molar-refractivity contribution in [3.05, 3.63) is 46.0 Å². The van der Waals surface area contributed by atoms with Crippen LogP contribution in [0, 0.1) is 20.8 Å². The van der Waals surface area contributed by atoms with Gasteiger partial charge in [0.25, 0.3) is 10.0 Å². The molecule has 0 saturated heterocycles. The zero-order valence-corrected chi connectivity index (χ0v) is 19.5. The Morgan fingerprint density at radius 2 is 1.65 bits per heavy atom. The van der Waals surface area contributed by atoms with Gasteiger partial charge in [0.2, 0.25) is 0 Å². The number of anilines is 2. The summed E-state index contributed by atoms with van der Waals surface area (Å²) >= 11 is 6.10. The number of phenolic OH excluding ortho intramolecular Hbond substituents is 1. The van der Waals surface area contributed by atoms with Crippen LogP contribution < -0.4 is 15.4 Å². The van der Waals surface area contributed by atoms with Crippen molar-refractivity contribution in [1.82, 2.24) is 5.32 Å². The number of nitrogens with one attached hydrogen (secondary N) is 3. The number of carbonyl (C=O) groups is 1. The normalized spacial score (nSPS) is 14.8. The Morgan fingerprint density at radius 3 is 2.26 bits per heavy atom. The number of aryl methyl sites for hydroxylation is 3. The molecule has 0 spiro atoms. The topological polar surface area (TPSA) is 108 Å². The van der Waals surface area contributed by atoms with Crippen LogP contribution in [0.3, 0.4) is 0 Å². The van der Waals surface area contributed by atoms with Gasteiger partial charge in [-0.2, -0.15) is 0 Å². The van der Waals surface area contributed by atoms with E-state index in [0.29, 0.717) is 11.1 Å². The second-order valence-electron chi connectivity index (χ2n) is 8.12. The van der Waals surface area contributed by atoms with E-state index < -0.39 is 21.8 Å². The first-order valence-electron chi connectivity index (χ1n) is 10.3. The molecule has 0 aromatic heterocycles. The van der Waals surface area contributed by atoms with Crippen LogP contribution >= 0.6 is 11.6 Å². The van der Waals surface area contributed by atoms with Crippen LogP contribution in [0.1, 0.15) is 48.8 Å². The van der Waals surface area contributed by atoms with Gasteiger partial charge in [-0.1, -0.05) is 48.6 Å². The second kappa shape index (κ2) is 9.36. The summed E-state index contributed by atoms with van der Waals surface area (Å²) in [6, 6.07) is 6.00. The molecule has 2 amide bonds. The highest BCUT2D eigenvalue weighted by Gasteiger charge is 2.23. The smallest absolute Gasteiger partial charge is 0.319 e. The van der Waals surface area contributed by atoms with Crippen LogP contribution in [0.15, 0.2) is 29.2 Å². The van der Waals surface area contributed by atoms with Gasteiger partial charge in [0.1, 0.15) is 0 Å². The SMILES string of the molecule is Cc1cc(C)c(S(=O)(=O)Nc2cc(NC(=O)NC3CCCCC3)cc(Cl)c2O)c(C)c1. The Hall–Kier alpha value is -2.45. The lowest BCUT2D eigenvalue weighted by Gasteiger charge is -2.23. The highest BCUT2D eigenvalue weighted by Crippen LogP contribution is 2.37. The summed E-state index contributed by atoms with van der Waals surface area (Å²) in [6.07, 6.45) is 5.21. The Kier molecular flexibility index (Phi) is 7.01. The van der Waals surface area contributed by atoms with Crippen LogP contribution in [0.5, 0.6) is 5.75 Å². The lowest BCUT2D eigenvalue weighted by molar-refractivity contribution is 0.244. The van der Waals surface area contributed by atoms with Crippen molar-refractivity contribution in [2.24, 2.45) is 0 Å². The molecule has 1 aliphatic rings. The molecule has 0 bridgehead atoms. The summed E-state index contributed by atoms with van der Waals surface area (Å²) in [6.45, 7) is 5.33. The molecule has 2 aromatic carbocycles. The van der Waals surface area contributed by atoms with Crippen molar-refractivity contribution in [2.75, 3.05) is 10.0 Å². The molecular weight excluding hydrogens is 438 g/mol. The predicted molar refractivity (Wildman–Crippen MR) is 124 cm³/mol. The quantitative estimate of drug-likeness (QED) is 0.358. The molecule has 0 radical (unpaired) electrons. The minimum Gasteiger partial charge on any atom is -0.504 e.